The van der Waals surface area contributed by atoms with Crippen LogP contribution in [0.1, 0.15) is 83.5 Å². The highest BCUT2D eigenvalue weighted by molar-refractivity contribution is 14.1. The van der Waals surface area contributed by atoms with Crippen molar-refractivity contribution in [3.05, 3.63) is 146 Å². The summed E-state index contributed by atoms with van der Waals surface area (Å²) >= 11 is 2.73. The summed E-state index contributed by atoms with van der Waals surface area (Å²) in [6.07, 6.45) is 40.9. The molecule has 8 aliphatic carbocycles. The highest BCUT2D eigenvalue weighted by atomic mass is 127. The summed E-state index contributed by atoms with van der Waals surface area (Å²) in [7, 11) is 0. The van der Waals surface area contributed by atoms with Crippen LogP contribution >= 0.6 is 22.6 Å². The average molecular weight is 913 g/mol. The first-order chi connectivity index (χ1) is 29.4. The van der Waals surface area contributed by atoms with Gasteiger partial charge in [0.05, 0.1) is 10.8 Å². The fourth-order valence-corrected chi connectivity index (χ4v) is 17.1. The lowest BCUT2D eigenvalue weighted by atomic mass is 9.49. The number of allylic oxidation sites excluding steroid dienone is 13. The molecule has 0 bridgehead atoms. The number of carbonyl (C=O) groups excluding carboxylic acids is 2. The molecule has 0 amide bonds. The lowest BCUT2D eigenvalue weighted by molar-refractivity contribution is -0.161. The zero-order valence-electron chi connectivity index (χ0n) is 35.0. The zero-order chi connectivity index (χ0) is 40.9. The van der Waals surface area contributed by atoms with Gasteiger partial charge in [0.1, 0.15) is 11.5 Å². The molecule has 3 fully saturated rings. The maximum Gasteiger partial charge on any atom is 0.318 e. The molecule has 2 aromatic rings. The van der Waals surface area contributed by atoms with Gasteiger partial charge in [0, 0.05) is 3.92 Å². The molecular weight excluding hydrogens is 852 g/mol. The van der Waals surface area contributed by atoms with E-state index in [4.69, 9.17) is 9.47 Å². The molecule has 0 aromatic heterocycles. The van der Waals surface area contributed by atoms with Gasteiger partial charge in [-0.25, -0.2) is 0 Å². The number of esters is 2. The first-order valence-electron chi connectivity index (χ1n) is 23.2. The number of hydrogen-bond acceptors (Lipinski definition) is 4. The van der Waals surface area contributed by atoms with Crippen molar-refractivity contribution in [2.24, 2.45) is 75.4 Å². The number of rotatable bonds is 11. The molecule has 312 valence electrons. The topological polar surface area (TPSA) is 52.6 Å². The molecule has 60 heavy (non-hydrogen) atoms. The van der Waals surface area contributed by atoms with Crippen LogP contribution in [0, 0.1) is 75.4 Å². The smallest absolute Gasteiger partial charge is 0.318 e. The Hall–Kier alpha value is -3.71. The van der Waals surface area contributed by atoms with Gasteiger partial charge in [-0.05, 0) is 172 Å². The maximum absolute atomic E-state index is 16.0. The Balaban J connectivity index is 1.21. The molecule has 0 saturated heterocycles. The third-order valence-corrected chi connectivity index (χ3v) is 19.4. The van der Waals surface area contributed by atoms with E-state index in [-0.39, 0.29) is 45.5 Å². The minimum atomic E-state index is -0.777. The van der Waals surface area contributed by atoms with Crippen molar-refractivity contribution in [3.8, 4) is 11.5 Å². The van der Waals surface area contributed by atoms with Gasteiger partial charge in [-0.3, -0.25) is 9.59 Å². The monoisotopic (exact) mass is 912 g/mol. The Labute approximate surface area is 371 Å². The minimum absolute atomic E-state index is 0.0553. The standard InChI is InChI=1S/C55H61IO4/c1-2-3-24-44-43-29-14-19-34-49(43)55(50(44)56,52(58)60-38-22-8-5-9-23-38)36-53(45-30-15-10-25-39(45)40-26-11-16-31-46(40)53)35-54(51(57)59-37-20-6-4-7-21-37)47-32-17-12-27-41(47)42-28-13-18-33-48(42)54/h2,4-10,12,14-23,25,31,33,40-50H,1,3,11,13,24,26-30,32,34-36H2/t40?,41?,42?,43-,44?,45?,46+,47?,48+,49?,50+,53?,54?,55?/m1/s1. The largest absolute Gasteiger partial charge is 0.426 e. The van der Waals surface area contributed by atoms with Crippen LogP contribution < -0.4 is 9.47 Å². The van der Waals surface area contributed by atoms with Crippen molar-refractivity contribution in [2.75, 3.05) is 0 Å². The molecule has 0 spiro atoms. The molecule has 14 atom stereocenters. The second-order valence-corrected chi connectivity index (χ2v) is 21.0. The van der Waals surface area contributed by atoms with Crippen LogP contribution in [0.25, 0.3) is 0 Å². The Bertz CT molecular complexity index is 2130. The minimum Gasteiger partial charge on any atom is -0.426 e. The van der Waals surface area contributed by atoms with Crippen LogP contribution in [0.2, 0.25) is 0 Å². The Morgan fingerprint density at radius 1 is 0.683 bits per heavy atom. The molecular formula is C55H61IO4. The number of halogens is 1. The zero-order valence-corrected chi connectivity index (χ0v) is 37.1. The van der Waals surface area contributed by atoms with E-state index in [9.17, 15) is 0 Å². The van der Waals surface area contributed by atoms with E-state index < -0.39 is 16.2 Å². The van der Waals surface area contributed by atoms with E-state index in [1.54, 1.807) is 5.57 Å². The van der Waals surface area contributed by atoms with Crippen molar-refractivity contribution in [1.29, 1.82) is 0 Å². The van der Waals surface area contributed by atoms with Crippen LogP contribution in [0.3, 0.4) is 0 Å². The van der Waals surface area contributed by atoms with Crippen LogP contribution in [0.4, 0.5) is 0 Å². The Kier molecular flexibility index (Phi) is 11.1. The van der Waals surface area contributed by atoms with Gasteiger partial charge in [0.2, 0.25) is 0 Å². The summed E-state index contributed by atoms with van der Waals surface area (Å²) in [6, 6.07) is 19.6. The van der Waals surface area contributed by atoms with Gasteiger partial charge in [-0.1, -0.05) is 137 Å². The third-order valence-electron chi connectivity index (χ3n) is 17.3. The third kappa shape index (κ3) is 6.39. The number of carbonyl (C=O) groups is 2. The predicted octanol–water partition coefficient (Wildman–Crippen LogP) is 13.2. The number of fused-ring (bicyclic) bond motifs is 7. The fraction of sp³-hybridized carbons (Fsp3) is 0.491. The van der Waals surface area contributed by atoms with Gasteiger partial charge in [-0.15, -0.1) is 6.58 Å². The predicted molar refractivity (Wildman–Crippen MR) is 248 cm³/mol. The lowest BCUT2D eigenvalue weighted by Crippen LogP contribution is -2.55. The summed E-state index contributed by atoms with van der Waals surface area (Å²) in [6.45, 7) is 4.16. The number of hydrogen-bond donors (Lipinski definition) is 0. The van der Waals surface area contributed by atoms with E-state index in [1.165, 1.54) is 0 Å². The van der Waals surface area contributed by atoms with Crippen molar-refractivity contribution in [3.63, 3.8) is 0 Å². The molecule has 10 unspecified atom stereocenters. The second kappa shape index (κ2) is 16.5. The maximum atomic E-state index is 16.0. The van der Waals surface area contributed by atoms with Crippen molar-refractivity contribution in [2.45, 2.75) is 87.4 Å². The van der Waals surface area contributed by atoms with Gasteiger partial charge >= 0.3 is 11.9 Å². The summed E-state index contributed by atoms with van der Waals surface area (Å²) in [4.78, 5) is 32.0. The molecule has 5 heteroatoms. The van der Waals surface area contributed by atoms with Crippen molar-refractivity contribution in [1.82, 2.24) is 0 Å². The highest BCUT2D eigenvalue weighted by Gasteiger charge is 2.73. The van der Waals surface area contributed by atoms with E-state index >= 15 is 9.59 Å². The number of alkyl halides is 1. The Morgan fingerprint density at radius 2 is 1.28 bits per heavy atom. The molecule has 4 nitrogen and oxygen atoms in total. The van der Waals surface area contributed by atoms with Gasteiger partial charge in [0.15, 0.2) is 0 Å². The fourth-order valence-electron chi connectivity index (χ4n) is 15.2. The summed E-state index contributed by atoms with van der Waals surface area (Å²) in [5.74, 6) is 3.82. The summed E-state index contributed by atoms with van der Waals surface area (Å²) in [5, 5.41) is 0. The van der Waals surface area contributed by atoms with E-state index in [0.29, 0.717) is 53.9 Å². The van der Waals surface area contributed by atoms with Crippen molar-refractivity contribution < 1.29 is 19.1 Å². The SMILES string of the molecule is C=CCCC1[C@H]2CC=CCC2C(CC2(CC3(C(=O)Oc4ccccc4)C4CC=CCC4C4CCC=C[C@@H]43)C3CC=CC=C3C3CCC=C[C@@H]32)(C(=O)Oc2ccccc2)[C@H]1I. The van der Waals surface area contributed by atoms with Crippen LogP contribution in [0.15, 0.2) is 146 Å². The molecule has 0 radical (unpaired) electrons. The van der Waals surface area contributed by atoms with Crippen LogP contribution in [-0.4, -0.2) is 15.9 Å². The molecule has 0 heterocycles. The first kappa shape index (κ1) is 40.4. The first-order valence-corrected chi connectivity index (χ1v) is 24.5. The van der Waals surface area contributed by atoms with Gasteiger partial charge in [0.25, 0.3) is 0 Å². The van der Waals surface area contributed by atoms with E-state index in [1.807, 2.05) is 60.7 Å². The lowest BCUT2D eigenvalue weighted by Gasteiger charge is -2.54. The normalized spacial score (nSPS) is 40.4. The second-order valence-electron chi connectivity index (χ2n) is 19.6. The molecule has 10 rings (SSSR count). The van der Waals surface area contributed by atoms with E-state index in [0.717, 1.165) is 70.6 Å². The van der Waals surface area contributed by atoms with Crippen LogP contribution in [0.5, 0.6) is 11.5 Å². The molecule has 8 aliphatic rings. The number of para-hydroxylation sites is 2. The van der Waals surface area contributed by atoms with Gasteiger partial charge in [-0.2, -0.15) is 0 Å². The Morgan fingerprint density at radius 3 is 1.98 bits per heavy atom. The molecule has 2 aromatic carbocycles. The highest BCUT2D eigenvalue weighted by Crippen LogP contribution is 2.75. The molecule has 0 aliphatic heterocycles. The number of benzene rings is 2. The summed E-state index contributed by atoms with van der Waals surface area (Å²) < 4.78 is 13.6. The van der Waals surface area contributed by atoms with Crippen molar-refractivity contribution >= 4 is 34.5 Å². The number of ether oxygens (including phenoxy) is 2. The molecule has 0 N–H and O–H groups in total. The molecule has 3 saturated carbocycles. The summed E-state index contributed by atoms with van der Waals surface area (Å²) in [5.41, 5.74) is -0.402. The van der Waals surface area contributed by atoms with Crippen LogP contribution in [-0.2, 0) is 9.59 Å². The van der Waals surface area contributed by atoms with E-state index in [2.05, 4.69) is 102 Å². The quantitative estimate of drug-likeness (QED) is 0.0741. The van der Waals surface area contributed by atoms with Gasteiger partial charge < -0.3 is 9.47 Å². The average Bonchev–Trinajstić information content (AvgIpc) is 3.83.